The van der Waals surface area contributed by atoms with Crippen LogP contribution in [0.1, 0.15) is 46.7 Å². The molecule has 4 heterocycles. The third kappa shape index (κ3) is 2.61. The molecule has 1 atom stereocenters. The van der Waals surface area contributed by atoms with Crippen molar-refractivity contribution >= 4 is 11.6 Å². The number of amides is 1. The second kappa shape index (κ2) is 6.12. The van der Waals surface area contributed by atoms with Crippen LogP contribution in [0, 0.1) is 6.92 Å². The zero-order chi connectivity index (χ0) is 18.4. The Labute approximate surface area is 150 Å². The van der Waals surface area contributed by atoms with E-state index in [1.807, 2.05) is 6.92 Å². The lowest BCUT2D eigenvalue weighted by Crippen LogP contribution is -2.29. The molecule has 1 aliphatic heterocycles. The third-order valence-electron chi connectivity index (χ3n) is 5.12. The van der Waals surface area contributed by atoms with E-state index in [1.54, 1.807) is 35.0 Å². The van der Waals surface area contributed by atoms with Crippen LogP contribution in [0.5, 0.6) is 0 Å². The van der Waals surface area contributed by atoms with Gasteiger partial charge >= 0.3 is 0 Å². The fourth-order valence-corrected chi connectivity index (χ4v) is 3.72. The van der Waals surface area contributed by atoms with Gasteiger partial charge in [-0.15, -0.1) is 0 Å². The SMILES string of the molecule is CCc1c(C)[nH]n2c(=O)cc([C@H]3CCN(C(=O)c4ccn(C)n4)C3)nc12. The molecule has 8 nitrogen and oxygen atoms in total. The molecule has 1 N–H and O–H groups in total. The minimum atomic E-state index is -0.109. The maximum absolute atomic E-state index is 12.6. The van der Waals surface area contributed by atoms with Crippen molar-refractivity contribution in [2.75, 3.05) is 13.1 Å². The molecule has 0 spiro atoms. The average Bonchev–Trinajstić information content (AvgIpc) is 3.32. The average molecular weight is 354 g/mol. The van der Waals surface area contributed by atoms with Crippen molar-refractivity contribution < 1.29 is 4.79 Å². The summed E-state index contributed by atoms with van der Waals surface area (Å²) in [6.07, 6.45) is 3.37. The maximum Gasteiger partial charge on any atom is 0.274 e. The van der Waals surface area contributed by atoms with Gasteiger partial charge in [0.05, 0.1) is 5.69 Å². The highest BCUT2D eigenvalue weighted by Gasteiger charge is 2.30. The van der Waals surface area contributed by atoms with Gasteiger partial charge in [0.1, 0.15) is 5.69 Å². The van der Waals surface area contributed by atoms with E-state index in [1.165, 1.54) is 4.52 Å². The van der Waals surface area contributed by atoms with E-state index < -0.39 is 0 Å². The molecular weight excluding hydrogens is 332 g/mol. The molecule has 4 rings (SSSR count). The quantitative estimate of drug-likeness (QED) is 0.767. The van der Waals surface area contributed by atoms with Gasteiger partial charge in [0, 0.05) is 49.6 Å². The Kier molecular flexibility index (Phi) is 3.90. The molecule has 3 aromatic heterocycles. The third-order valence-corrected chi connectivity index (χ3v) is 5.12. The van der Waals surface area contributed by atoms with Gasteiger partial charge in [0.25, 0.3) is 11.5 Å². The number of likely N-dealkylation sites (tertiary alicyclic amines) is 1. The number of aromatic nitrogens is 5. The molecule has 0 aliphatic carbocycles. The first-order valence-corrected chi connectivity index (χ1v) is 8.88. The van der Waals surface area contributed by atoms with Gasteiger partial charge in [-0.1, -0.05) is 6.92 Å². The number of fused-ring (bicyclic) bond motifs is 1. The molecule has 0 unspecified atom stereocenters. The highest BCUT2D eigenvalue weighted by atomic mass is 16.2. The van der Waals surface area contributed by atoms with Crippen LogP contribution in [0.2, 0.25) is 0 Å². The first-order valence-electron chi connectivity index (χ1n) is 8.88. The Bertz CT molecular complexity index is 1040. The summed E-state index contributed by atoms with van der Waals surface area (Å²) < 4.78 is 3.13. The van der Waals surface area contributed by atoms with Crippen molar-refractivity contribution in [2.45, 2.75) is 32.6 Å². The Hall–Kier alpha value is -2.90. The normalized spacial score (nSPS) is 17.3. The summed E-state index contributed by atoms with van der Waals surface area (Å²) in [6, 6.07) is 3.31. The number of nitrogens with one attached hydrogen (secondary N) is 1. The molecule has 1 saturated heterocycles. The Morgan fingerprint density at radius 2 is 2.23 bits per heavy atom. The number of carbonyl (C=O) groups is 1. The highest BCUT2D eigenvalue weighted by Crippen LogP contribution is 2.27. The minimum Gasteiger partial charge on any atom is -0.337 e. The van der Waals surface area contributed by atoms with E-state index in [-0.39, 0.29) is 17.4 Å². The molecule has 0 aromatic carbocycles. The highest BCUT2D eigenvalue weighted by molar-refractivity contribution is 5.92. The smallest absolute Gasteiger partial charge is 0.274 e. The number of rotatable bonds is 3. The number of nitrogens with zero attached hydrogens (tertiary/aromatic N) is 5. The summed E-state index contributed by atoms with van der Waals surface area (Å²) in [7, 11) is 1.79. The molecule has 3 aromatic rings. The van der Waals surface area contributed by atoms with Gasteiger partial charge in [-0.05, 0) is 25.8 Å². The van der Waals surface area contributed by atoms with E-state index in [4.69, 9.17) is 4.98 Å². The number of hydrogen-bond donors (Lipinski definition) is 1. The first kappa shape index (κ1) is 16.6. The van der Waals surface area contributed by atoms with Crippen LogP contribution in [0.25, 0.3) is 5.65 Å². The van der Waals surface area contributed by atoms with Crippen molar-refractivity contribution in [3.63, 3.8) is 0 Å². The van der Waals surface area contributed by atoms with E-state index >= 15 is 0 Å². The number of carbonyl (C=O) groups excluding carboxylic acids is 1. The second-order valence-electron chi connectivity index (χ2n) is 6.86. The van der Waals surface area contributed by atoms with Crippen LogP contribution in [-0.4, -0.2) is 48.3 Å². The minimum absolute atomic E-state index is 0.0697. The Morgan fingerprint density at radius 3 is 2.92 bits per heavy atom. The zero-order valence-corrected chi connectivity index (χ0v) is 15.2. The van der Waals surface area contributed by atoms with Crippen molar-refractivity contribution in [1.29, 1.82) is 0 Å². The van der Waals surface area contributed by atoms with Crippen LogP contribution >= 0.6 is 0 Å². The molecule has 0 radical (unpaired) electrons. The van der Waals surface area contributed by atoms with Gasteiger partial charge in [-0.3, -0.25) is 19.4 Å². The molecule has 0 saturated carbocycles. The summed E-state index contributed by atoms with van der Waals surface area (Å²) >= 11 is 0. The second-order valence-corrected chi connectivity index (χ2v) is 6.86. The summed E-state index contributed by atoms with van der Waals surface area (Å²) in [6.45, 7) is 5.21. The Morgan fingerprint density at radius 1 is 1.42 bits per heavy atom. The van der Waals surface area contributed by atoms with Crippen molar-refractivity contribution in [3.8, 4) is 0 Å². The largest absolute Gasteiger partial charge is 0.337 e. The number of aryl methyl sites for hydroxylation is 3. The summed E-state index contributed by atoms with van der Waals surface area (Å²) in [5.41, 5.74) is 3.83. The molecule has 1 aliphatic rings. The molecule has 1 fully saturated rings. The van der Waals surface area contributed by atoms with Crippen LogP contribution in [0.3, 0.4) is 0 Å². The molecule has 1 amide bonds. The number of aromatic amines is 1. The van der Waals surface area contributed by atoms with E-state index in [0.717, 1.165) is 29.8 Å². The predicted molar refractivity (Wildman–Crippen MR) is 96.4 cm³/mol. The molecule has 0 bridgehead atoms. The topological polar surface area (TPSA) is 88.3 Å². The lowest BCUT2D eigenvalue weighted by molar-refractivity contribution is 0.0784. The fraction of sp³-hybridized carbons (Fsp3) is 0.444. The molecule has 8 heteroatoms. The van der Waals surface area contributed by atoms with Crippen LogP contribution in [-0.2, 0) is 13.5 Å². The van der Waals surface area contributed by atoms with Gasteiger partial charge < -0.3 is 4.90 Å². The molecule has 26 heavy (non-hydrogen) atoms. The van der Waals surface area contributed by atoms with Crippen LogP contribution in [0.15, 0.2) is 23.1 Å². The number of hydrogen-bond acceptors (Lipinski definition) is 4. The Balaban J connectivity index is 1.62. The van der Waals surface area contributed by atoms with E-state index in [9.17, 15) is 9.59 Å². The zero-order valence-electron chi connectivity index (χ0n) is 15.2. The standard InChI is InChI=1S/C18H22N6O2/c1-4-13-11(2)20-24-16(25)9-15(19-17(13)24)12-5-8-23(10-12)18(26)14-6-7-22(3)21-14/h6-7,9,12,20H,4-5,8,10H2,1-3H3/t12-/m0/s1. The van der Waals surface area contributed by atoms with Gasteiger partial charge in [-0.25, -0.2) is 9.50 Å². The van der Waals surface area contributed by atoms with Crippen LogP contribution in [0.4, 0.5) is 0 Å². The van der Waals surface area contributed by atoms with E-state index in [2.05, 4.69) is 17.1 Å². The lowest BCUT2D eigenvalue weighted by Gasteiger charge is -2.15. The van der Waals surface area contributed by atoms with E-state index in [0.29, 0.717) is 24.4 Å². The summed E-state index contributed by atoms with van der Waals surface area (Å²) in [5, 5.41) is 7.27. The van der Waals surface area contributed by atoms with Gasteiger partial charge in [-0.2, -0.15) is 5.10 Å². The fourth-order valence-electron chi connectivity index (χ4n) is 3.72. The molecular formula is C18H22N6O2. The molecule has 136 valence electrons. The monoisotopic (exact) mass is 354 g/mol. The summed E-state index contributed by atoms with van der Waals surface area (Å²) in [5.74, 6) is -0.00193. The lowest BCUT2D eigenvalue weighted by atomic mass is 10.0. The maximum atomic E-state index is 12.6. The van der Waals surface area contributed by atoms with Gasteiger partial charge in [0.2, 0.25) is 0 Å². The first-order chi connectivity index (χ1) is 12.5. The van der Waals surface area contributed by atoms with Gasteiger partial charge in [0.15, 0.2) is 5.65 Å². The van der Waals surface area contributed by atoms with Crippen molar-refractivity contribution in [1.82, 2.24) is 29.3 Å². The van der Waals surface area contributed by atoms with Crippen molar-refractivity contribution in [2.24, 2.45) is 7.05 Å². The number of H-pyrrole nitrogens is 1. The summed E-state index contributed by atoms with van der Waals surface area (Å²) in [4.78, 5) is 31.6. The predicted octanol–water partition coefficient (Wildman–Crippen LogP) is 1.26. The van der Waals surface area contributed by atoms with Crippen LogP contribution < -0.4 is 5.56 Å². The van der Waals surface area contributed by atoms with Crippen molar-refractivity contribution in [3.05, 3.63) is 51.3 Å².